The zero-order valence-electron chi connectivity index (χ0n) is 24.0. The Labute approximate surface area is 249 Å². The summed E-state index contributed by atoms with van der Waals surface area (Å²) in [6, 6.07) is 24.2. The summed E-state index contributed by atoms with van der Waals surface area (Å²) in [5, 5.41) is 22.9. The van der Waals surface area contributed by atoms with Gasteiger partial charge in [0, 0.05) is 43.6 Å². The Morgan fingerprint density at radius 3 is 2.47 bits per heavy atom. The predicted molar refractivity (Wildman–Crippen MR) is 162 cm³/mol. The summed E-state index contributed by atoms with van der Waals surface area (Å²) in [6.07, 6.45) is 4.69. The molecule has 1 fully saturated rings. The highest BCUT2D eigenvalue weighted by atomic mass is 16.5. The Morgan fingerprint density at radius 1 is 0.953 bits per heavy atom. The first-order chi connectivity index (χ1) is 21.1. The molecular formula is C33H33N7O3. The van der Waals surface area contributed by atoms with Gasteiger partial charge in [0.2, 0.25) is 0 Å². The molecule has 1 amide bonds. The number of hydrogen-bond donors (Lipinski definition) is 1. The fraction of sp³-hybridized carbons (Fsp3) is 0.273. The first-order valence-corrected chi connectivity index (χ1v) is 14.6. The number of β-amino-alcohol motifs (C(OH)–C–C–N with tert-alkyl or cyclic N) is 1. The third-order valence-corrected chi connectivity index (χ3v) is 8.35. The molecule has 1 saturated heterocycles. The van der Waals surface area contributed by atoms with Crippen molar-refractivity contribution in [2.45, 2.75) is 32.0 Å². The third-order valence-electron chi connectivity index (χ3n) is 8.35. The second kappa shape index (κ2) is 11.5. The van der Waals surface area contributed by atoms with Crippen LogP contribution in [0.2, 0.25) is 0 Å². The average Bonchev–Trinajstić information content (AvgIpc) is 3.79. The van der Waals surface area contributed by atoms with Crippen molar-refractivity contribution in [3.8, 4) is 22.6 Å². The number of hydrogen-bond acceptors (Lipinski definition) is 7. The van der Waals surface area contributed by atoms with Crippen LogP contribution in [0, 0.1) is 0 Å². The molecule has 5 aromatic rings. The second-order valence-corrected chi connectivity index (χ2v) is 11.1. The number of anilines is 1. The van der Waals surface area contributed by atoms with Crippen molar-refractivity contribution in [1.29, 1.82) is 0 Å². The lowest BCUT2D eigenvalue weighted by molar-refractivity contribution is 0.0973. The fourth-order valence-electron chi connectivity index (χ4n) is 6.14. The van der Waals surface area contributed by atoms with E-state index < -0.39 is 0 Å². The van der Waals surface area contributed by atoms with Crippen molar-refractivity contribution >= 4 is 11.6 Å². The number of methoxy groups -OCH3 is 1. The van der Waals surface area contributed by atoms with E-state index in [0.29, 0.717) is 31.7 Å². The van der Waals surface area contributed by atoms with Crippen LogP contribution in [0.15, 0.2) is 85.2 Å². The SMILES string of the molecule is COc1ccc(-n2nc(Cn3ccnn3)c3c2C(=O)N(c2ccc(-c4ccccc4CN4CC[C@@H](O)C4)cc2)CC3)cc1. The molecule has 3 aromatic carbocycles. The van der Waals surface area contributed by atoms with E-state index in [1.54, 1.807) is 28.9 Å². The van der Waals surface area contributed by atoms with E-state index in [1.165, 1.54) is 5.56 Å². The number of aliphatic hydroxyl groups is 1. The minimum atomic E-state index is -0.242. The van der Waals surface area contributed by atoms with E-state index in [2.05, 4.69) is 51.6 Å². The van der Waals surface area contributed by atoms with E-state index >= 15 is 0 Å². The Hall–Kier alpha value is -4.80. The highest BCUT2D eigenvalue weighted by molar-refractivity contribution is 6.07. The van der Waals surface area contributed by atoms with E-state index in [-0.39, 0.29) is 12.0 Å². The van der Waals surface area contributed by atoms with Gasteiger partial charge in [-0.15, -0.1) is 5.10 Å². The van der Waals surface area contributed by atoms with Crippen LogP contribution in [0.3, 0.4) is 0 Å². The molecule has 0 bridgehead atoms. The Morgan fingerprint density at radius 2 is 1.74 bits per heavy atom. The first kappa shape index (κ1) is 27.1. The second-order valence-electron chi connectivity index (χ2n) is 11.1. The van der Waals surface area contributed by atoms with Gasteiger partial charge in [0.25, 0.3) is 5.91 Å². The number of aromatic nitrogens is 5. The lowest BCUT2D eigenvalue weighted by atomic mass is 9.98. The maximum atomic E-state index is 14.2. The highest BCUT2D eigenvalue weighted by Gasteiger charge is 2.33. The molecule has 0 radical (unpaired) electrons. The molecule has 1 N–H and O–H groups in total. The topological polar surface area (TPSA) is 102 Å². The van der Waals surface area contributed by atoms with Gasteiger partial charge in [-0.05, 0) is 65.9 Å². The van der Waals surface area contributed by atoms with Crippen molar-refractivity contribution in [2.75, 3.05) is 31.6 Å². The summed E-state index contributed by atoms with van der Waals surface area (Å²) in [5.74, 6) is 0.649. The number of nitrogens with zero attached hydrogens (tertiary/aromatic N) is 7. The number of fused-ring (bicyclic) bond motifs is 1. The van der Waals surface area contributed by atoms with Gasteiger partial charge >= 0.3 is 0 Å². The normalized spacial score (nSPS) is 16.9. The monoisotopic (exact) mass is 575 g/mol. The van der Waals surface area contributed by atoms with Crippen LogP contribution in [0.1, 0.15) is 33.7 Å². The first-order valence-electron chi connectivity index (χ1n) is 14.6. The van der Waals surface area contributed by atoms with Crippen LogP contribution in [0.25, 0.3) is 16.8 Å². The minimum absolute atomic E-state index is 0.0878. The maximum absolute atomic E-state index is 14.2. The van der Waals surface area contributed by atoms with Crippen molar-refractivity contribution in [2.24, 2.45) is 0 Å². The number of benzene rings is 3. The molecule has 2 aliphatic heterocycles. The Kier molecular flexibility index (Phi) is 7.22. The summed E-state index contributed by atoms with van der Waals surface area (Å²) in [5.41, 5.74) is 7.43. The summed E-state index contributed by atoms with van der Waals surface area (Å²) < 4.78 is 8.81. The largest absolute Gasteiger partial charge is 0.497 e. The molecule has 0 saturated carbocycles. The van der Waals surface area contributed by atoms with Crippen LogP contribution >= 0.6 is 0 Å². The number of amides is 1. The molecule has 0 spiro atoms. The summed E-state index contributed by atoms with van der Waals surface area (Å²) in [7, 11) is 1.63. The van der Waals surface area contributed by atoms with Crippen LogP contribution < -0.4 is 9.64 Å². The average molecular weight is 576 g/mol. The number of ether oxygens (including phenoxy) is 1. The molecule has 7 rings (SSSR count). The Bertz CT molecular complexity index is 1730. The predicted octanol–water partition coefficient (Wildman–Crippen LogP) is 3.96. The van der Waals surface area contributed by atoms with Gasteiger partial charge in [-0.2, -0.15) is 5.10 Å². The van der Waals surface area contributed by atoms with Gasteiger partial charge in [-0.1, -0.05) is 41.6 Å². The van der Waals surface area contributed by atoms with E-state index in [0.717, 1.165) is 59.0 Å². The van der Waals surface area contributed by atoms with Crippen LogP contribution in [-0.4, -0.2) is 73.5 Å². The molecule has 2 aromatic heterocycles. The summed E-state index contributed by atoms with van der Waals surface area (Å²) >= 11 is 0. The van der Waals surface area contributed by atoms with E-state index in [4.69, 9.17) is 9.84 Å². The van der Waals surface area contributed by atoms with Gasteiger partial charge < -0.3 is 14.7 Å². The van der Waals surface area contributed by atoms with Crippen molar-refractivity contribution in [3.63, 3.8) is 0 Å². The molecule has 0 unspecified atom stereocenters. The number of aliphatic hydroxyl groups excluding tert-OH is 1. The maximum Gasteiger partial charge on any atom is 0.277 e. The molecule has 4 heterocycles. The molecule has 43 heavy (non-hydrogen) atoms. The number of rotatable bonds is 8. The van der Waals surface area contributed by atoms with Gasteiger partial charge in [-0.3, -0.25) is 9.69 Å². The summed E-state index contributed by atoms with van der Waals surface area (Å²) in [6.45, 7) is 3.40. The van der Waals surface area contributed by atoms with Gasteiger partial charge in [-0.25, -0.2) is 9.36 Å². The molecular weight excluding hydrogens is 542 g/mol. The van der Waals surface area contributed by atoms with Crippen LogP contribution in [0.4, 0.5) is 5.69 Å². The molecule has 2 aliphatic rings. The van der Waals surface area contributed by atoms with Crippen molar-refractivity contribution in [1.82, 2.24) is 29.7 Å². The number of carbonyl (C=O) groups excluding carboxylic acids is 1. The van der Waals surface area contributed by atoms with Crippen LogP contribution in [-0.2, 0) is 19.5 Å². The van der Waals surface area contributed by atoms with E-state index in [9.17, 15) is 9.90 Å². The lowest BCUT2D eigenvalue weighted by Gasteiger charge is -2.28. The molecule has 0 aliphatic carbocycles. The number of carbonyl (C=O) groups is 1. The zero-order valence-corrected chi connectivity index (χ0v) is 24.0. The van der Waals surface area contributed by atoms with Crippen molar-refractivity contribution < 1.29 is 14.6 Å². The highest BCUT2D eigenvalue weighted by Crippen LogP contribution is 2.32. The van der Waals surface area contributed by atoms with Crippen LogP contribution in [0.5, 0.6) is 5.75 Å². The summed E-state index contributed by atoms with van der Waals surface area (Å²) in [4.78, 5) is 18.3. The van der Waals surface area contributed by atoms with Gasteiger partial charge in [0.1, 0.15) is 11.4 Å². The Balaban J connectivity index is 1.19. The fourth-order valence-corrected chi connectivity index (χ4v) is 6.14. The number of likely N-dealkylation sites (tertiary alicyclic amines) is 1. The third kappa shape index (κ3) is 5.31. The molecule has 218 valence electrons. The zero-order chi connectivity index (χ0) is 29.3. The van der Waals surface area contributed by atoms with Gasteiger partial charge in [0.15, 0.2) is 0 Å². The molecule has 10 nitrogen and oxygen atoms in total. The van der Waals surface area contributed by atoms with Crippen molar-refractivity contribution in [3.05, 3.63) is 108 Å². The van der Waals surface area contributed by atoms with E-state index in [1.807, 2.05) is 41.3 Å². The van der Waals surface area contributed by atoms with Gasteiger partial charge in [0.05, 0.1) is 37.3 Å². The quantitative estimate of drug-likeness (QED) is 0.299. The lowest BCUT2D eigenvalue weighted by Crippen LogP contribution is -2.38. The smallest absolute Gasteiger partial charge is 0.277 e. The molecule has 1 atom stereocenters. The standard InChI is InChI=1S/C33H33N7O3/c1-43-28-12-10-26(11-13-28)40-32-30(31(35-40)22-38-19-16-34-36-38)15-18-39(33(32)42)25-8-6-23(7-9-25)29-5-3-2-4-24(29)20-37-17-14-27(41)21-37/h2-13,16,19,27,41H,14-15,17-18,20-22H2,1H3/t27-/m1/s1. The molecule has 10 heteroatoms. The minimum Gasteiger partial charge on any atom is -0.497 e.